The molecule has 2 rings (SSSR count). The smallest absolute Gasteiger partial charge is 0.323 e. The Morgan fingerprint density at radius 1 is 1.53 bits per heavy atom. The van der Waals surface area contributed by atoms with E-state index in [9.17, 15) is 13.2 Å². The van der Waals surface area contributed by atoms with Gasteiger partial charge in [0.05, 0.1) is 16.3 Å². The topological polar surface area (TPSA) is 74.7 Å². The Morgan fingerprint density at radius 2 is 2.16 bits per heavy atom. The van der Waals surface area contributed by atoms with Gasteiger partial charge in [0, 0.05) is 10.5 Å². The Balaban J connectivity index is 2.69. The van der Waals surface area contributed by atoms with Gasteiger partial charge in [-0.25, -0.2) is 8.42 Å². The van der Waals surface area contributed by atoms with Crippen LogP contribution in [-0.4, -0.2) is 37.8 Å². The molecule has 1 heterocycles. The first-order chi connectivity index (χ1) is 8.72. The van der Waals surface area contributed by atoms with E-state index in [2.05, 4.69) is 15.9 Å². The van der Waals surface area contributed by atoms with Crippen molar-refractivity contribution in [1.82, 2.24) is 0 Å². The quantitative estimate of drug-likeness (QED) is 0.883. The molecule has 0 bridgehead atoms. The summed E-state index contributed by atoms with van der Waals surface area (Å²) in [7, 11) is -3.37. The Bertz CT molecular complexity index is 641. The number of nitrogens with zero attached hydrogens (tertiary/aromatic N) is 1. The van der Waals surface area contributed by atoms with Crippen LogP contribution in [-0.2, 0) is 14.6 Å². The van der Waals surface area contributed by atoms with Crippen molar-refractivity contribution in [2.75, 3.05) is 17.2 Å². The maximum Gasteiger partial charge on any atom is 0.323 e. The molecular weight excluding hydrogens is 334 g/mol. The van der Waals surface area contributed by atoms with E-state index in [1.54, 1.807) is 30.9 Å². The molecule has 1 atom stereocenters. The molecule has 0 spiro atoms. The summed E-state index contributed by atoms with van der Waals surface area (Å²) in [6, 6.07) is 3.02. The van der Waals surface area contributed by atoms with Gasteiger partial charge in [-0.3, -0.25) is 4.79 Å². The second kappa shape index (κ2) is 4.79. The second-order valence-electron chi connectivity index (χ2n) is 4.75. The summed E-state index contributed by atoms with van der Waals surface area (Å²) in [5.74, 6) is -1.05. The molecule has 5 nitrogen and oxygen atoms in total. The summed E-state index contributed by atoms with van der Waals surface area (Å²) in [5.41, 5.74) is 1.27. The molecule has 0 fully saturated rings. The fourth-order valence-corrected chi connectivity index (χ4v) is 5.13. The third-order valence-electron chi connectivity index (χ3n) is 3.09. The van der Waals surface area contributed by atoms with Gasteiger partial charge in [-0.2, -0.15) is 0 Å². The van der Waals surface area contributed by atoms with E-state index in [0.717, 1.165) is 5.56 Å². The van der Waals surface area contributed by atoms with Crippen LogP contribution in [0.5, 0.6) is 0 Å². The van der Waals surface area contributed by atoms with E-state index < -0.39 is 15.8 Å². The number of hydrogen-bond acceptors (Lipinski definition) is 4. The minimum atomic E-state index is -3.37. The lowest BCUT2D eigenvalue weighted by molar-refractivity contribution is -0.135. The monoisotopic (exact) mass is 347 g/mol. The van der Waals surface area contributed by atoms with E-state index in [1.165, 1.54) is 0 Å². The first kappa shape index (κ1) is 14.3. The van der Waals surface area contributed by atoms with Crippen molar-refractivity contribution in [3.63, 3.8) is 0 Å². The summed E-state index contributed by atoms with van der Waals surface area (Å²) in [5, 5.41) is 8.98. The van der Waals surface area contributed by atoms with E-state index in [-0.39, 0.29) is 23.2 Å². The van der Waals surface area contributed by atoms with Gasteiger partial charge >= 0.3 is 5.97 Å². The lowest BCUT2D eigenvalue weighted by Gasteiger charge is -2.36. The molecular formula is C12H14BrNO4S. The van der Waals surface area contributed by atoms with Crippen molar-refractivity contribution in [2.45, 2.75) is 24.8 Å². The summed E-state index contributed by atoms with van der Waals surface area (Å²) >= 11 is 3.34. The number of anilines is 1. The molecule has 1 aliphatic rings. The molecule has 0 saturated carbocycles. The van der Waals surface area contributed by atoms with Gasteiger partial charge in [0.1, 0.15) is 6.54 Å². The van der Waals surface area contributed by atoms with Crippen LogP contribution in [0.25, 0.3) is 0 Å². The molecule has 1 aliphatic heterocycles. The molecule has 1 aromatic carbocycles. The molecule has 0 aromatic heterocycles. The minimum Gasteiger partial charge on any atom is -0.480 e. The van der Waals surface area contributed by atoms with Crippen LogP contribution < -0.4 is 4.90 Å². The lowest BCUT2D eigenvalue weighted by Crippen LogP contribution is -2.45. The van der Waals surface area contributed by atoms with Crippen LogP contribution in [0.4, 0.5) is 5.69 Å². The summed E-state index contributed by atoms with van der Waals surface area (Å²) in [4.78, 5) is 12.8. The third-order valence-corrected chi connectivity index (χ3v) is 5.60. The Kier molecular flexibility index (Phi) is 3.61. The average molecular weight is 348 g/mol. The van der Waals surface area contributed by atoms with Gasteiger partial charge in [0.15, 0.2) is 9.84 Å². The average Bonchev–Trinajstić information content (AvgIpc) is 2.23. The molecule has 1 N–H and O–H groups in total. The maximum absolute atomic E-state index is 12.2. The summed E-state index contributed by atoms with van der Waals surface area (Å²) < 4.78 is 25.1. The Hall–Kier alpha value is -1.08. The van der Waals surface area contributed by atoms with Crippen molar-refractivity contribution in [2.24, 2.45) is 0 Å². The number of sulfone groups is 1. The zero-order chi connectivity index (χ0) is 14.4. The second-order valence-corrected chi connectivity index (χ2v) is 7.60. The van der Waals surface area contributed by atoms with E-state index in [1.807, 2.05) is 0 Å². The van der Waals surface area contributed by atoms with Gasteiger partial charge in [0.25, 0.3) is 0 Å². The zero-order valence-electron chi connectivity index (χ0n) is 10.6. The molecule has 0 radical (unpaired) electrons. The van der Waals surface area contributed by atoms with Gasteiger partial charge in [-0.15, -0.1) is 0 Å². The van der Waals surface area contributed by atoms with Crippen molar-refractivity contribution in [1.29, 1.82) is 0 Å². The SMILES string of the molecule is Cc1cc(Br)c2c(c1)S(=O)(=O)CC(C)N2CC(=O)O. The van der Waals surface area contributed by atoms with Crippen LogP contribution in [0.1, 0.15) is 12.5 Å². The predicted molar refractivity (Wildman–Crippen MR) is 75.4 cm³/mol. The number of hydrogen-bond donors (Lipinski definition) is 1. The normalized spacial score (nSPS) is 21.0. The number of carbonyl (C=O) groups is 1. The van der Waals surface area contributed by atoms with Crippen LogP contribution in [0.3, 0.4) is 0 Å². The predicted octanol–water partition coefficient (Wildman–Crippen LogP) is 1.82. The van der Waals surface area contributed by atoms with E-state index >= 15 is 0 Å². The molecule has 1 aromatic rings. The molecule has 0 saturated heterocycles. The highest BCUT2D eigenvalue weighted by Gasteiger charge is 2.35. The highest BCUT2D eigenvalue weighted by molar-refractivity contribution is 9.10. The van der Waals surface area contributed by atoms with Crippen molar-refractivity contribution in [3.05, 3.63) is 22.2 Å². The van der Waals surface area contributed by atoms with Crippen molar-refractivity contribution < 1.29 is 18.3 Å². The standard InChI is InChI=1S/C12H14BrNO4S/c1-7-3-9(13)12-10(4-7)19(17,18)6-8(2)14(12)5-11(15)16/h3-4,8H,5-6H2,1-2H3,(H,15,16). The summed E-state index contributed by atoms with van der Waals surface area (Å²) in [6.07, 6.45) is 0. The molecule has 104 valence electrons. The van der Waals surface area contributed by atoms with Crippen LogP contribution >= 0.6 is 15.9 Å². The highest BCUT2D eigenvalue weighted by atomic mass is 79.9. The zero-order valence-corrected chi connectivity index (χ0v) is 13.0. The number of halogens is 1. The lowest BCUT2D eigenvalue weighted by atomic mass is 10.1. The Morgan fingerprint density at radius 3 is 2.74 bits per heavy atom. The van der Waals surface area contributed by atoms with Gasteiger partial charge < -0.3 is 10.0 Å². The van der Waals surface area contributed by atoms with Crippen molar-refractivity contribution in [3.8, 4) is 0 Å². The minimum absolute atomic E-state index is 0.0663. The largest absolute Gasteiger partial charge is 0.480 e. The van der Waals surface area contributed by atoms with Crippen LogP contribution in [0.2, 0.25) is 0 Å². The molecule has 7 heteroatoms. The molecule has 0 aliphatic carbocycles. The number of benzene rings is 1. The van der Waals surface area contributed by atoms with Crippen molar-refractivity contribution >= 4 is 37.4 Å². The number of aliphatic carboxylic acids is 1. The van der Waals surface area contributed by atoms with Gasteiger partial charge in [-0.1, -0.05) is 0 Å². The Labute approximate surface area is 120 Å². The van der Waals surface area contributed by atoms with Crippen LogP contribution in [0, 0.1) is 6.92 Å². The third kappa shape index (κ3) is 2.62. The van der Waals surface area contributed by atoms with Crippen LogP contribution in [0.15, 0.2) is 21.5 Å². The number of carboxylic acid groups (broad SMARTS) is 1. The first-order valence-electron chi connectivity index (χ1n) is 5.73. The molecule has 19 heavy (non-hydrogen) atoms. The fraction of sp³-hybridized carbons (Fsp3) is 0.417. The van der Waals surface area contributed by atoms with Gasteiger partial charge in [0.2, 0.25) is 0 Å². The number of fused-ring (bicyclic) bond motifs is 1. The van der Waals surface area contributed by atoms with E-state index in [4.69, 9.17) is 5.11 Å². The highest BCUT2D eigenvalue weighted by Crippen LogP contribution is 2.39. The fourth-order valence-electron chi connectivity index (χ4n) is 2.32. The maximum atomic E-state index is 12.2. The molecule has 0 amide bonds. The first-order valence-corrected chi connectivity index (χ1v) is 8.18. The van der Waals surface area contributed by atoms with E-state index in [0.29, 0.717) is 10.2 Å². The summed E-state index contributed by atoms with van der Waals surface area (Å²) in [6.45, 7) is 3.31. The molecule has 1 unspecified atom stereocenters. The van der Waals surface area contributed by atoms with Gasteiger partial charge in [-0.05, 0) is 47.5 Å². The number of rotatable bonds is 2. The number of carboxylic acids is 1. The number of aryl methyl sites for hydroxylation is 1.